The van der Waals surface area contributed by atoms with E-state index in [4.69, 9.17) is 4.57 Å². The van der Waals surface area contributed by atoms with Gasteiger partial charge in [0.25, 0.3) is 0 Å². The van der Waals surface area contributed by atoms with Crippen LogP contribution < -0.4 is 0 Å². The van der Waals surface area contributed by atoms with Crippen LogP contribution in [0.1, 0.15) is 0 Å². The van der Waals surface area contributed by atoms with Crippen molar-refractivity contribution in [2.45, 2.75) is 0 Å². The Balaban J connectivity index is -0.00000000500. The van der Waals surface area contributed by atoms with Gasteiger partial charge in [-0.2, -0.15) is 0 Å². The van der Waals surface area contributed by atoms with Crippen LogP contribution in [0.25, 0.3) is 0 Å². The van der Waals surface area contributed by atoms with E-state index in [0.29, 0.717) is 0 Å². The van der Waals surface area contributed by atoms with Crippen molar-refractivity contribution in [2.24, 2.45) is 0 Å². The Hall–Kier alpha value is 1.19. The summed E-state index contributed by atoms with van der Waals surface area (Å²) in [4.78, 5) is 0. The van der Waals surface area contributed by atoms with Gasteiger partial charge in [-0.15, -0.1) is 0 Å². The van der Waals surface area contributed by atoms with E-state index in [1.165, 1.54) is 0 Å². The van der Waals surface area contributed by atoms with Crippen LogP contribution in [0.15, 0.2) is 0 Å². The summed E-state index contributed by atoms with van der Waals surface area (Å²) in [7, 11) is 1.72. The quantitative estimate of drug-likeness (QED) is 0.316. The first kappa shape index (κ1) is 19.0. The molecule has 24 valence electrons. The molecule has 0 saturated heterocycles. The Labute approximate surface area is 49.3 Å². The minimum atomic E-state index is 0. The van der Waals surface area contributed by atoms with Crippen molar-refractivity contribution in [3.05, 3.63) is 0 Å². The van der Waals surface area contributed by atoms with Crippen molar-refractivity contribution < 1.29 is 21.1 Å². The van der Waals surface area contributed by atoms with Crippen LogP contribution in [0, 0.1) is 0 Å². The summed E-state index contributed by atoms with van der Waals surface area (Å²) < 4.78 is 8.06. The first-order valence-corrected chi connectivity index (χ1v) is 0.612. The van der Waals surface area contributed by atoms with Gasteiger partial charge in [0, 0.05) is 16.5 Å². The van der Waals surface area contributed by atoms with Gasteiger partial charge in [0.1, 0.15) is 9.12 Å². The normalized spacial score (nSPS) is 1.00. The molecule has 0 amide bonds. The topological polar surface area (TPSA) is 17.1 Å². The Morgan fingerprint density at radius 3 is 1.25 bits per heavy atom. The third-order valence-electron chi connectivity index (χ3n) is 0. The molecule has 0 atom stereocenters. The molecular weight excluding hydrogens is 113 g/mol. The van der Waals surface area contributed by atoms with E-state index in [1.807, 2.05) is 0 Å². The van der Waals surface area contributed by atoms with Gasteiger partial charge >= 0.3 is 18.9 Å². The van der Waals surface area contributed by atoms with Crippen LogP contribution in [0.3, 0.4) is 0 Å². The molecular formula is H2LiNiOP. The largest absolute Gasteiger partial charge is 0 e. The molecule has 0 aromatic rings. The summed E-state index contributed by atoms with van der Waals surface area (Å²) in [5.41, 5.74) is 0. The molecule has 0 saturated carbocycles. The van der Waals surface area contributed by atoms with Gasteiger partial charge in [-0.1, -0.05) is 0 Å². The first-order chi connectivity index (χ1) is 1.00. The summed E-state index contributed by atoms with van der Waals surface area (Å²) in [6.07, 6.45) is 0. The fraction of sp³-hybridized carbons (Fsp3) is 0. The minimum Gasteiger partial charge on any atom is 0 e. The van der Waals surface area contributed by atoms with Crippen molar-refractivity contribution in [1.82, 2.24) is 0 Å². The summed E-state index contributed by atoms with van der Waals surface area (Å²) in [6.45, 7) is 0. The second-order valence-electron chi connectivity index (χ2n) is 0. The van der Waals surface area contributed by atoms with E-state index in [2.05, 4.69) is 0 Å². The molecule has 0 spiro atoms. The maximum absolute atomic E-state index is 8.06. The maximum atomic E-state index is 8.06. The second kappa shape index (κ2) is 30.1. The van der Waals surface area contributed by atoms with Crippen LogP contribution in [-0.2, 0) is 21.1 Å². The number of hydrogen-bond acceptors (Lipinski definition) is 1. The van der Waals surface area contributed by atoms with Crippen LogP contribution in [0.4, 0.5) is 0 Å². The van der Waals surface area contributed by atoms with Crippen LogP contribution in [-0.4, -0.2) is 18.9 Å². The summed E-state index contributed by atoms with van der Waals surface area (Å²) in [5, 5.41) is 0. The smallest absolute Gasteiger partial charge is 0 e. The molecule has 0 aromatic carbocycles. The summed E-state index contributed by atoms with van der Waals surface area (Å²) >= 11 is 0. The molecule has 4 heteroatoms. The Bertz CT molecular complexity index is 8.00. The molecule has 1 nitrogen and oxygen atoms in total. The van der Waals surface area contributed by atoms with Gasteiger partial charge < -0.3 is 0 Å². The molecule has 0 bridgehead atoms. The van der Waals surface area contributed by atoms with Gasteiger partial charge in [0.15, 0.2) is 0 Å². The zero-order valence-electron chi connectivity index (χ0n) is 1.22. The van der Waals surface area contributed by atoms with Crippen molar-refractivity contribution in [2.75, 3.05) is 0 Å². The number of rotatable bonds is 0. The summed E-state index contributed by atoms with van der Waals surface area (Å²) in [5.74, 6) is 0. The predicted molar refractivity (Wildman–Crippen MR) is 16.2 cm³/mol. The van der Waals surface area contributed by atoms with E-state index in [9.17, 15) is 0 Å². The molecule has 0 aliphatic carbocycles. The SMILES string of the molecule is O=P.[LiH].[Ni]. The fourth-order valence-corrected chi connectivity index (χ4v) is 0. The average Bonchev–Trinajstić information content (AvgIpc) is 1.00. The molecule has 4 heavy (non-hydrogen) atoms. The molecule has 0 aromatic heterocycles. The van der Waals surface area contributed by atoms with Crippen LogP contribution >= 0.6 is 9.12 Å². The molecule has 0 unspecified atom stereocenters. The third kappa shape index (κ3) is 10.8. The standard InChI is InChI=1S/Li.Ni.HOP.H/c;;1-2;/h;;2H;. The molecule has 0 fully saturated rings. The zero-order chi connectivity index (χ0) is 2.00. The Morgan fingerprint density at radius 1 is 1.25 bits per heavy atom. The zero-order valence-corrected chi connectivity index (χ0v) is 3.21. The molecule has 0 rings (SSSR count). The molecule has 0 radical (unpaired) electrons. The Morgan fingerprint density at radius 2 is 1.25 bits per heavy atom. The predicted octanol–water partition coefficient (Wildman–Crippen LogP) is -0.176. The second-order valence-corrected chi connectivity index (χ2v) is 0. The van der Waals surface area contributed by atoms with Gasteiger partial charge in [-0.05, 0) is 0 Å². The van der Waals surface area contributed by atoms with E-state index in [-0.39, 0.29) is 35.4 Å². The van der Waals surface area contributed by atoms with Crippen molar-refractivity contribution in [3.8, 4) is 0 Å². The van der Waals surface area contributed by atoms with Crippen LogP contribution in [0.2, 0.25) is 0 Å². The molecule has 0 N–H and O–H groups in total. The van der Waals surface area contributed by atoms with Gasteiger partial charge in [-0.3, -0.25) is 4.57 Å². The van der Waals surface area contributed by atoms with Crippen molar-refractivity contribution in [1.29, 1.82) is 0 Å². The molecule has 0 aliphatic heterocycles. The van der Waals surface area contributed by atoms with Gasteiger partial charge in [0.2, 0.25) is 0 Å². The Kier molecular flexibility index (Phi) is 143. The van der Waals surface area contributed by atoms with E-state index >= 15 is 0 Å². The van der Waals surface area contributed by atoms with E-state index in [1.54, 1.807) is 9.12 Å². The number of hydrogen-bond donors (Lipinski definition) is 0. The summed E-state index contributed by atoms with van der Waals surface area (Å²) in [6, 6.07) is 0. The average molecular weight is 115 g/mol. The van der Waals surface area contributed by atoms with Crippen molar-refractivity contribution in [3.63, 3.8) is 0 Å². The molecule has 0 heterocycles. The molecule has 0 aliphatic rings. The van der Waals surface area contributed by atoms with E-state index in [0.717, 1.165) is 0 Å². The third-order valence-corrected chi connectivity index (χ3v) is 0. The monoisotopic (exact) mass is 114 g/mol. The maximum Gasteiger partial charge on any atom is 0 e. The van der Waals surface area contributed by atoms with E-state index < -0.39 is 0 Å². The van der Waals surface area contributed by atoms with Gasteiger partial charge in [-0.25, -0.2) is 0 Å². The first-order valence-electron chi connectivity index (χ1n) is 0.204. The minimum absolute atomic E-state index is 0. The fourth-order valence-electron chi connectivity index (χ4n) is 0. The van der Waals surface area contributed by atoms with Crippen LogP contribution in [0.5, 0.6) is 0 Å². The van der Waals surface area contributed by atoms with Crippen molar-refractivity contribution >= 4 is 28.0 Å². The van der Waals surface area contributed by atoms with Gasteiger partial charge in [0.05, 0.1) is 0 Å².